The van der Waals surface area contributed by atoms with Crippen molar-refractivity contribution in [1.29, 1.82) is 0 Å². The Morgan fingerprint density at radius 2 is 2.12 bits per heavy atom. The molecule has 3 N–H and O–H groups in total. The Morgan fingerprint density at radius 3 is 2.62 bits per heavy atom. The SMILES string of the molecule is CC(C)CNC(=O)C(C)OC1CCCC1N. The highest BCUT2D eigenvalue weighted by Gasteiger charge is 2.28. The first-order valence-corrected chi connectivity index (χ1v) is 6.19. The van der Waals surface area contributed by atoms with E-state index in [2.05, 4.69) is 19.2 Å². The molecule has 1 saturated carbocycles. The summed E-state index contributed by atoms with van der Waals surface area (Å²) >= 11 is 0. The average molecular weight is 228 g/mol. The molecule has 0 aromatic heterocycles. The van der Waals surface area contributed by atoms with Crippen molar-refractivity contribution in [2.24, 2.45) is 11.7 Å². The number of amides is 1. The largest absolute Gasteiger partial charge is 0.364 e. The molecule has 1 aliphatic carbocycles. The first kappa shape index (κ1) is 13.5. The van der Waals surface area contributed by atoms with Gasteiger partial charge >= 0.3 is 0 Å². The third kappa shape index (κ3) is 4.10. The maximum Gasteiger partial charge on any atom is 0.248 e. The molecule has 4 nitrogen and oxygen atoms in total. The van der Waals surface area contributed by atoms with Crippen LogP contribution >= 0.6 is 0 Å². The van der Waals surface area contributed by atoms with Crippen LogP contribution in [0.3, 0.4) is 0 Å². The van der Waals surface area contributed by atoms with E-state index in [1.807, 2.05) is 0 Å². The van der Waals surface area contributed by atoms with Crippen LogP contribution in [0, 0.1) is 5.92 Å². The zero-order valence-corrected chi connectivity index (χ0v) is 10.5. The summed E-state index contributed by atoms with van der Waals surface area (Å²) in [5.41, 5.74) is 5.89. The van der Waals surface area contributed by atoms with Gasteiger partial charge in [-0.2, -0.15) is 0 Å². The van der Waals surface area contributed by atoms with Gasteiger partial charge in [0.25, 0.3) is 0 Å². The van der Waals surface area contributed by atoms with Crippen molar-refractivity contribution in [2.45, 2.75) is 58.3 Å². The van der Waals surface area contributed by atoms with Crippen molar-refractivity contribution >= 4 is 5.91 Å². The van der Waals surface area contributed by atoms with Crippen LogP contribution in [-0.4, -0.2) is 30.7 Å². The molecule has 16 heavy (non-hydrogen) atoms. The lowest BCUT2D eigenvalue weighted by molar-refractivity contribution is -0.135. The number of nitrogens with one attached hydrogen (secondary N) is 1. The minimum Gasteiger partial charge on any atom is -0.364 e. The van der Waals surface area contributed by atoms with Crippen LogP contribution in [0.2, 0.25) is 0 Å². The van der Waals surface area contributed by atoms with Gasteiger partial charge in [-0.05, 0) is 32.1 Å². The van der Waals surface area contributed by atoms with E-state index in [1.54, 1.807) is 6.92 Å². The molecule has 4 heteroatoms. The lowest BCUT2D eigenvalue weighted by atomic mass is 10.2. The van der Waals surface area contributed by atoms with E-state index in [1.165, 1.54) is 0 Å². The second kappa shape index (κ2) is 6.21. The summed E-state index contributed by atoms with van der Waals surface area (Å²) < 4.78 is 5.68. The smallest absolute Gasteiger partial charge is 0.248 e. The van der Waals surface area contributed by atoms with Gasteiger partial charge in [0.2, 0.25) is 5.91 Å². The maximum absolute atomic E-state index is 11.7. The van der Waals surface area contributed by atoms with Crippen LogP contribution in [0.4, 0.5) is 0 Å². The third-order valence-corrected chi connectivity index (χ3v) is 2.94. The molecule has 0 spiro atoms. The molecule has 1 amide bonds. The summed E-state index contributed by atoms with van der Waals surface area (Å²) in [5, 5.41) is 2.87. The highest BCUT2D eigenvalue weighted by Crippen LogP contribution is 2.21. The minimum absolute atomic E-state index is 0.0344. The number of rotatable bonds is 5. The molecule has 1 aliphatic rings. The molecular formula is C12H24N2O2. The highest BCUT2D eigenvalue weighted by molar-refractivity contribution is 5.80. The van der Waals surface area contributed by atoms with E-state index >= 15 is 0 Å². The second-order valence-electron chi connectivity index (χ2n) is 5.05. The van der Waals surface area contributed by atoms with E-state index in [4.69, 9.17) is 10.5 Å². The number of hydrogen-bond donors (Lipinski definition) is 2. The number of nitrogens with two attached hydrogens (primary N) is 1. The average Bonchev–Trinajstić information content (AvgIpc) is 2.60. The molecule has 0 aromatic carbocycles. The van der Waals surface area contributed by atoms with Crippen molar-refractivity contribution in [2.75, 3.05) is 6.54 Å². The molecule has 94 valence electrons. The fraction of sp³-hybridized carbons (Fsp3) is 0.917. The lowest BCUT2D eigenvalue weighted by Gasteiger charge is -2.21. The van der Waals surface area contributed by atoms with Gasteiger partial charge in [0, 0.05) is 12.6 Å². The minimum atomic E-state index is -0.395. The van der Waals surface area contributed by atoms with Crippen molar-refractivity contribution < 1.29 is 9.53 Å². The Hall–Kier alpha value is -0.610. The van der Waals surface area contributed by atoms with Crippen molar-refractivity contribution in [3.63, 3.8) is 0 Å². The van der Waals surface area contributed by atoms with E-state index in [0.717, 1.165) is 19.3 Å². The Morgan fingerprint density at radius 1 is 1.44 bits per heavy atom. The zero-order chi connectivity index (χ0) is 12.1. The van der Waals surface area contributed by atoms with Crippen LogP contribution in [0.25, 0.3) is 0 Å². The molecule has 3 atom stereocenters. The van der Waals surface area contributed by atoms with Crippen LogP contribution in [0.1, 0.15) is 40.0 Å². The summed E-state index contributed by atoms with van der Waals surface area (Å²) in [6.07, 6.45) is 2.74. The van der Waals surface area contributed by atoms with Crippen LogP contribution in [-0.2, 0) is 9.53 Å². The van der Waals surface area contributed by atoms with Crippen molar-refractivity contribution in [3.05, 3.63) is 0 Å². The molecule has 1 fully saturated rings. The Bertz CT molecular complexity index is 231. The topological polar surface area (TPSA) is 64.3 Å². The molecule has 0 bridgehead atoms. The summed E-state index contributed by atoms with van der Waals surface area (Å²) in [6, 6.07) is 0.0975. The van der Waals surface area contributed by atoms with Crippen molar-refractivity contribution in [3.8, 4) is 0 Å². The molecule has 0 saturated heterocycles. The molecule has 0 radical (unpaired) electrons. The molecule has 0 aliphatic heterocycles. The van der Waals surface area contributed by atoms with Gasteiger partial charge < -0.3 is 15.8 Å². The Kier molecular flexibility index (Phi) is 5.22. The first-order valence-electron chi connectivity index (χ1n) is 6.19. The van der Waals surface area contributed by atoms with Gasteiger partial charge in [-0.3, -0.25) is 4.79 Å². The van der Waals surface area contributed by atoms with Gasteiger partial charge in [0.15, 0.2) is 0 Å². The number of carbonyl (C=O) groups is 1. The summed E-state index contributed by atoms with van der Waals surface area (Å²) in [7, 11) is 0. The fourth-order valence-electron chi connectivity index (χ4n) is 1.90. The van der Waals surface area contributed by atoms with Gasteiger partial charge in [-0.15, -0.1) is 0 Å². The van der Waals surface area contributed by atoms with E-state index in [-0.39, 0.29) is 18.1 Å². The van der Waals surface area contributed by atoms with Gasteiger partial charge in [0.05, 0.1) is 6.10 Å². The monoisotopic (exact) mass is 228 g/mol. The summed E-state index contributed by atoms with van der Waals surface area (Å²) in [6.45, 7) is 6.63. The summed E-state index contributed by atoms with van der Waals surface area (Å²) in [5.74, 6) is 0.428. The molecule has 1 rings (SSSR count). The normalized spacial score (nSPS) is 27.1. The van der Waals surface area contributed by atoms with Crippen LogP contribution in [0.15, 0.2) is 0 Å². The van der Waals surface area contributed by atoms with Gasteiger partial charge in [0.1, 0.15) is 6.10 Å². The van der Waals surface area contributed by atoms with Crippen molar-refractivity contribution in [1.82, 2.24) is 5.32 Å². The predicted molar refractivity (Wildman–Crippen MR) is 64.0 cm³/mol. The standard InChI is InChI=1S/C12H24N2O2/c1-8(2)7-14-12(15)9(3)16-11-6-4-5-10(11)13/h8-11H,4-7,13H2,1-3H3,(H,14,15). The summed E-state index contributed by atoms with van der Waals surface area (Å²) in [4.78, 5) is 11.7. The van der Waals surface area contributed by atoms with Crippen LogP contribution < -0.4 is 11.1 Å². The second-order valence-corrected chi connectivity index (χ2v) is 5.05. The Balaban J connectivity index is 2.28. The predicted octanol–water partition coefficient (Wildman–Crippen LogP) is 1.04. The van der Waals surface area contributed by atoms with E-state index in [0.29, 0.717) is 12.5 Å². The van der Waals surface area contributed by atoms with Gasteiger partial charge in [-0.1, -0.05) is 13.8 Å². The van der Waals surface area contributed by atoms with Gasteiger partial charge in [-0.25, -0.2) is 0 Å². The maximum atomic E-state index is 11.7. The third-order valence-electron chi connectivity index (χ3n) is 2.94. The number of ether oxygens (including phenoxy) is 1. The number of carbonyl (C=O) groups excluding carboxylic acids is 1. The first-order chi connectivity index (χ1) is 7.50. The number of hydrogen-bond acceptors (Lipinski definition) is 3. The Labute approximate surface area is 97.9 Å². The molecule has 0 aromatic rings. The zero-order valence-electron chi connectivity index (χ0n) is 10.5. The van der Waals surface area contributed by atoms with E-state index < -0.39 is 6.10 Å². The van der Waals surface area contributed by atoms with E-state index in [9.17, 15) is 4.79 Å². The quantitative estimate of drug-likeness (QED) is 0.739. The lowest BCUT2D eigenvalue weighted by Crippen LogP contribution is -2.41. The molecule has 0 heterocycles. The molecule has 3 unspecified atom stereocenters. The highest BCUT2D eigenvalue weighted by atomic mass is 16.5. The molecular weight excluding hydrogens is 204 g/mol. The van der Waals surface area contributed by atoms with Crippen LogP contribution in [0.5, 0.6) is 0 Å². The fourth-order valence-corrected chi connectivity index (χ4v) is 1.90.